The molecule has 0 radical (unpaired) electrons. The third kappa shape index (κ3) is 7.39. The van der Waals surface area contributed by atoms with E-state index in [4.69, 9.17) is 9.47 Å². The lowest BCUT2D eigenvalue weighted by atomic mass is 9.82. The fourth-order valence-electron chi connectivity index (χ4n) is 3.51. The SMILES string of the molecule is CC(=O)C[C@@H](c1ccc(Br)cc1)C(C(=O)OCc1ccccc1)C(=O)OCc1ccccc1. The summed E-state index contributed by atoms with van der Waals surface area (Å²) in [5.41, 5.74) is 2.29. The minimum Gasteiger partial charge on any atom is -0.460 e. The van der Waals surface area contributed by atoms with E-state index in [0.29, 0.717) is 5.56 Å². The number of hydrogen-bond donors (Lipinski definition) is 0. The van der Waals surface area contributed by atoms with Crippen molar-refractivity contribution in [2.24, 2.45) is 5.92 Å². The second kappa shape index (κ2) is 12.1. The fraction of sp³-hybridized carbons (Fsp3) is 0.222. The van der Waals surface area contributed by atoms with Crippen molar-refractivity contribution >= 4 is 33.7 Å². The summed E-state index contributed by atoms with van der Waals surface area (Å²) >= 11 is 3.39. The van der Waals surface area contributed by atoms with E-state index >= 15 is 0 Å². The van der Waals surface area contributed by atoms with Crippen molar-refractivity contribution in [2.45, 2.75) is 32.5 Å². The average Bonchev–Trinajstić information content (AvgIpc) is 2.82. The molecule has 1 atom stereocenters. The second-order valence-corrected chi connectivity index (χ2v) is 8.64. The minimum atomic E-state index is -1.28. The molecule has 0 aliphatic carbocycles. The highest BCUT2D eigenvalue weighted by atomic mass is 79.9. The standard InChI is InChI=1S/C27H25BrO5/c1-19(29)16-24(22-12-14-23(28)15-13-22)25(26(30)32-17-20-8-4-2-5-9-20)27(31)33-18-21-10-6-3-7-11-21/h2-15,24-25H,16-18H2,1H3/t24-/m0/s1. The van der Waals surface area contributed by atoms with Crippen LogP contribution in [0.3, 0.4) is 0 Å². The van der Waals surface area contributed by atoms with Crippen molar-refractivity contribution in [1.29, 1.82) is 0 Å². The maximum atomic E-state index is 13.2. The van der Waals surface area contributed by atoms with Gasteiger partial charge in [0.25, 0.3) is 0 Å². The summed E-state index contributed by atoms with van der Waals surface area (Å²) < 4.78 is 11.9. The number of hydrogen-bond acceptors (Lipinski definition) is 5. The van der Waals surface area contributed by atoms with Gasteiger partial charge in [-0.05, 0) is 35.7 Å². The molecular weight excluding hydrogens is 484 g/mol. The molecular formula is C27H25BrO5. The molecule has 0 heterocycles. The molecule has 0 spiro atoms. The lowest BCUT2D eigenvalue weighted by Crippen LogP contribution is -2.34. The maximum Gasteiger partial charge on any atom is 0.321 e. The van der Waals surface area contributed by atoms with Crippen LogP contribution in [0, 0.1) is 5.92 Å². The van der Waals surface area contributed by atoms with Crippen molar-refractivity contribution in [1.82, 2.24) is 0 Å². The van der Waals surface area contributed by atoms with Crippen LogP contribution in [0.2, 0.25) is 0 Å². The molecule has 3 aromatic rings. The molecule has 0 saturated heterocycles. The van der Waals surface area contributed by atoms with Crippen molar-refractivity contribution in [3.05, 3.63) is 106 Å². The first-order valence-corrected chi connectivity index (χ1v) is 11.4. The van der Waals surface area contributed by atoms with E-state index in [1.54, 1.807) is 12.1 Å². The van der Waals surface area contributed by atoms with Crippen molar-refractivity contribution in [2.75, 3.05) is 0 Å². The zero-order valence-electron chi connectivity index (χ0n) is 18.3. The van der Waals surface area contributed by atoms with E-state index in [0.717, 1.165) is 15.6 Å². The Kier molecular flexibility index (Phi) is 8.95. The summed E-state index contributed by atoms with van der Waals surface area (Å²) in [7, 11) is 0. The van der Waals surface area contributed by atoms with Crippen LogP contribution in [0.25, 0.3) is 0 Å². The second-order valence-electron chi connectivity index (χ2n) is 7.73. The van der Waals surface area contributed by atoms with Crippen LogP contribution in [0.4, 0.5) is 0 Å². The molecule has 5 nitrogen and oxygen atoms in total. The molecule has 0 saturated carbocycles. The first-order chi connectivity index (χ1) is 15.9. The van der Waals surface area contributed by atoms with Gasteiger partial charge >= 0.3 is 11.9 Å². The fourth-order valence-corrected chi connectivity index (χ4v) is 3.77. The topological polar surface area (TPSA) is 69.7 Å². The highest BCUT2D eigenvalue weighted by Gasteiger charge is 2.39. The Labute approximate surface area is 201 Å². The normalized spacial score (nSPS) is 11.6. The van der Waals surface area contributed by atoms with E-state index in [-0.39, 0.29) is 25.4 Å². The molecule has 0 aliphatic heterocycles. The number of ether oxygens (including phenoxy) is 2. The molecule has 3 rings (SSSR count). The van der Waals surface area contributed by atoms with E-state index in [9.17, 15) is 14.4 Å². The Morgan fingerprint density at radius 2 is 1.18 bits per heavy atom. The van der Waals surface area contributed by atoms with Crippen molar-refractivity contribution in [3.63, 3.8) is 0 Å². The molecule has 170 valence electrons. The Morgan fingerprint density at radius 3 is 1.61 bits per heavy atom. The number of carbonyl (C=O) groups excluding carboxylic acids is 3. The van der Waals surface area contributed by atoms with Crippen LogP contribution in [0.15, 0.2) is 89.4 Å². The van der Waals surface area contributed by atoms with Crippen LogP contribution in [-0.4, -0.2) is 17.7 Å². The number of benzene rings is 3. The van der Waals surface area contributed by atoms with Crippen LogP contribution in [0.5, 0.6) is 0 Å². The number of Topliss-reactive ketones (excluding diaryl/α,β-unsaturated/α-hetero) is 1. The Morgan fingerprint density at radius 1 is 0.727 bits per heavy atom. The average molecular weight is 509 g/mol. The lowest BCUT2D eigenvalue weighted by molar-refractivity contribution is -0.165. The van der Waals surface area contributed by atoms with Crippen molar-refractivity contribution < 1.29 is 23.9 Å². The number of rotatable bonds is 10. The molecule has 0 unspecified atom stereocenters. The molecule has 6 heteroatoms. The monoisotopic (exact) mass is 508 g/mol. The van der Waals surface area contributed by atoms with Crippen LogP contribution in [-0.2, 0) is 37.1 Å². The zero-order chi connectivity index (χ0) is 23.6. The molecule has 0 fully saturated rings. The van der Waals surface area contributed by atoms with Crippen LogP contribution in [0.1, 0.15) is 36.0 Å². The number of halogens is 1. The molecule has 0 amide bonds. The van der Waals surface area contributed by atoms with Gasteiger partial charge in [-0.15, -0.1) is 0 Å². The first kappa shape index (κ1) is 24.4. The van der Waals surface area contributed by atoms with Gasteiger partial charge in [-0.25, -0.2) is 0 Å². The van der Waals surface area contributed by atoms with E-state index < -0.39 is 23.8 Å². The summed E-state index contributed by atoms with van der Waals surface area (Å²) in [4.78, 5) is 38.5. The summed E-state index contributed by atoms with van der Waals surface area (Å²) in [5, 5.41) is 0. The Balaban J connectivity index is 1.86. The van der Waals surface area contributed by atoms with Crippen molar-refractivity contribution in [3.8, 4) is 0 Å². The highest BCUT2D eigenvalue weighted by Crippen LogP contribution is 2.32. The Hall–Kier alpha value is -3.25. The van der Waals surface area contributed by atoms with Gasteiger partial charge in [0.2, 0.25) is 0 Å². The van der Waals surface area contributed by atoms with Gasteiger partial charge in [0.1, 0.15) is 19.0 Å². The summed E-state index contributed by atoms with van der Waals surface area (Å²) in [6, 6.07) is 25.6. The van der Waals surface area contributed by atoms with Gasteiger partial charge < -0.3 is 14.3 Å². The number of carbonyl (C=O) groups is 3. The maximum absolute atomic E-state index is 13.2. The predicted octanol–water partition coefficient (Wildman–Crippen LogP) is 5.61. The molecule has 0 aliphatic rings. The third-order valence-corrected chi connectivity index (χ3v) is 5.69. The summed E-state index contributed by atoms with van der Waals surface area (Å²) in [5.74, 6) is -3.55. The van der Waals surface area contributed by atoms with E-state index in [1.165, 1.54) is 6.92 Å². The lowest BCUT2D eigenvalue weighted by Gasteiger charge is -2.24. The molecule has 0 bridgehead atoms. The minimum absolute atomic E-state index is 0.00712. The largest absolute Gasteiger partial charge is 0.460 e. The first-order valence-electron chi connectivity index (χ1n) is 10.6. The highest BCUT2D eigenvalue weighted by molar-refractivity contribution is 9.10. The Bertz CT molecular complexity index is 1010. The number of esters is 2. The van der Waals surface area contributed by atoms with E-state index in [2.05, 4.69) is 15.9 Å². The van der Waals surface area contributed by atoms with Gasteiger partial charge in [-0.3, -0.25) is 9.59 Å². The molecule has 33 heavy (non-hydrogen) atoms. The van der Waals surface area contributed by atoms with Gasteiger partial charge in [0.05, 0.1) is 0 Å². The quantitative estimate of drug-likeness (QED) is 0.262. The predicted molar refractivity (Wildman–Crippen MR) is 128 cm³/mol. The summed E-state index contributed by atoms with van der Waals surface area (Å²) in [6.07, 6.45) is 0.00712. The molecule has 0 aromatic heterocycles. The van der Waals surface area contributed by atoms with Gasteiger partial charge in [-0.1, -0.05) is 88.7 Å². The number of ketones is 1. The van der Waals surface area contributed by atoms with Crippen LogP contribution >= 0.6 is 15.9 Å². The van der Waals surface area contributed by atoms with Gasteiger partial charge in [-0.2, -0.15) is 0 Å². The zero-order valence-corrected chi connectivity index (χ0v) is 19.9. The van der Waals surface area contributed by atoms with Gasteiger partial charge in [0, 0.05) is 16.8 Å². The molecule has 0 N–H and O–H groups in total. The smallest absolute Gasteiger partial charge is 0.321 e. The van der Waals surface area contributed by atoms with E-state index in [1.807, 2.05) is 72.8 Å². The summed E-state index contributed by atoms with van der Waals surface area (Å²) in [6.45, 7) is 1.48. The molecule has 3 aromatic carbocycles. The van der Waals surface area contributed by atoms with Crippen LogP contribution < -0.4 is 0 Å². The van der Waals surface area contributed by atoms with Gasteiger partial charge in [0.15, 0.2) is 5.92 Å². The third-order valence-electron chi connectivity index (χ3n) is 5.16.